The van der Waals surface area contributed by atoms with Gasteiger partial charge in [-0.25, -0.2) is 0 Å². The SMILES string of the molecule is C=CC#N.Cc1cc(C(N)=O)cc(C)c1N. The highest BCUT2D eigenvalue weighted by molar-refractivity contribution is 5.93. The number of hydrogen-bond donors (Lipinski definition) is 2. The smallest absolute Gasteiger partial charge is 0.248 e. The van der Waals surface area contributed by atoms with E-state index in [1.54, 1.807) is 18.2 Å². The van der Waals surface area contributed by atoms with E-state index in [2.05, 4.69) is 6.58 Å². The van der Waals surface area contributed by atoms with E-state index in [1.807, 2.05) is 13.8 Å². The highest BCUT2D eigenvalue weighted by Gasteiger charge is 2.04. The van der Waals surface area contributed by atoms with Crippen molar-refractivity contribution in [2.45, 2.75) is 13.8 Å². The summed E-state index contributed by atoms with van der Waals surface area (Å²) in [5.74, 6) is -0.416. The van der Waals surface area contributed by atoms with Crippen LogP contribution in [0.5, 0.6) is 0 Å². The van der Waals surface area contributed by atoms with Crippen LogP contribution >= 0.6 is 0 Å². The molecule has 16 heavy (non-hydrogen) atoms. The normalized spacial score (nSPS) is 8.31. The Bertz CT molecular complexity index is 421. The minimum Gasteiger partial charge on any atom is -0.398 e. The second kappa shape index (κ2) is 6.25. The van der Waals surface area contributed by atoms with Crippen molar-refractivity contribution in [3.63, 3.8) is 0 Å². The zero-order chi connectivity index (χ0) is 12.7. The number of nitrogens with two attached hydrogens (primary N) is 2. The van der Waals surface area contributed by atoms with Crippen LogP contribution in [-0.4, -0.2) is 5.91 Å². The number of nitrogen functional groups attached to an aromatic ring is 1. The van der Waals surface area contributed by atoms with Crippen molar-refractivity contribution >= 4 is 11.6 Å². The molecule has 4 heteroatoms. The Morgan fingerprint density at radius 1 is 1.44 bits per heavy atom. The first-order valence-electron chi connectivity index (χ1n) is 4.61. The van der Waals surface area contributed by atoms with Gasteiger partial charge in [-0.15, -0.1) is 0 Å². The maximum atomic E-state index is 10.8. The quantitative estimate of drug-likeness (QED) is 0.553. The molecule has 0 radical (unpaired) electrons. The van der Waals surface area contributed by atoms with Crippen molar-refractivity contribution in [3.05, 3.63) is 41.5 Å². The molecule has 0 bridgehead atoms. The Morgan fingerprint density at radius 3 is 2.06 bits per heavy atom. The molecule has 0 aromatic heterocycles. The third-order valence-corrected chi connectivity index (χ3v) is 1.97. The average molecular weight is 217 g/mol. The first-order chi connectivity index (χ1) is 7.43. The number of nitriles is 1. The average Bonchev–Trinajstić information content (AvgIpc) is 2.25. The summed E-state index contributed by atoms with van der Waals surface area (Å²) in [4.78, 5) is 10.8. The predicted molar refractivity (Wildman–Crippen MR) is 64.7 cm³/mol. The minimum atomic E-state index is -0.416. The third kappa shape index (κ3) is 3.84. The van der Waals surface area contributed by atoms with Crippen LogP contribution < -0.4 is 11.5 Å². The molecule has 0 saturated heterocycles. The van der Waals surface area contributed by atoms with E-state index >= 15 is 0 Å². The molecule has 0 saturated carbocycles. The zero-order valence-corrected chi connectivity index (χ0v) is 9.45. The number of anilines is 1. The second-order valence-electron chi connectivity index (χ2n) is 3.22. The molecule has 0 heterocycles. The maximum Gasteiger partial charge on any atom is 0.248 e. The lowest BCUT2D eigenvalue weighted by Crippen LogP contribution is -2.12. The fraction of sp³-hybridized carbons (Fsp3) is 0.167. The van der Waals surface area contributed by atoms with Crippen molar-refractivity contribution in [2.75, 3.05) is 5.73 Å². The topological polar surface area (TPSA) is 92.9 Å². The van der Waals surface area contributed by atoms with Crippen molar-refractivity contribution in [2.24, 2.45) is 5.73 Å². The van der Waals surface area contributed by atoms with Gasteiger partial charge in [-0.1, -0.05) is 6.58 Å². The standard InChI is InChI=1S/C9H12N2O.C3H3N/c1-5-3-7(9(11)12)4-6(2)8(5)10;1-2-3-4/h3-4H,10H2,1-2H3,(H2,11,12);2H,1H2. The van der Waals surface area contributed by atoms with Gasteiger partial charge in [-0.2, -0.15) is 5.26 Å². The van der Waals surface area contributed by atoms with Crippen LogP contribution in [0, 0.1) is 25.2 Å². The van der Waals surface area contributed by atoms with Crippen LogP contribution in [0.1, 0.15) is 21.5 Å². The van der Waals surface area contributed by atoms with Gasteiger partial charge in [0.15, 0.2) is 0 Å². The second-order valence-corrected chi connectivity index (χ2v) is 3.22. The number of aryl methyl sites for hydroxylation is 2. The number of nitrogens with zero attached hydrogens (tertiary/aromatic N) is 1. The molecule has 0 aliphatic carbocycles. The van der Waals surface area contributed by atoms with Crippen LogP contribution in [-0.2, 0) is 0 Å². The lowest BCUT2D eigenvalue weighted by molar-refractivity contribution is 0.1000. The van der Waals surface area contributed by atoms with Gasteiger partial charge in [-0.05, 0) is 37.1 Å². The van der Waals surface area contributed by atoms with E-state index in [0.717, 1.165) is 16.8 Å². The fourth-order valence-corrected chi connectivity index (χ4v) is 1.12. The van der Waals surface area contributed by atoms with Crippen molar-refractivity contribution < 1.29 is 4.79 Å². The molecule has 84 valence electrons. The van der Waals surface area contributed by atoms with E-state index in [-0.39, 0.29) is 0 Å². The molecule has 1 aromatic carbocycles. The highest BCUT2D eigenvalue weighted by Crippen LogP contribution is 2.17. The molecule has 1 amide bonds. The molecule has 4 nitrogen and oxygen atoms in total. The van der Waals surface area contributed by atoms with Gasteiger partial charge in [-0.3, -0.25) is 4.79 Å². The molecule has 1 aromatic rings. The van der Waals surface area contributed by atoms with Gasteiger partial charge in [0.05, 0.1) is 6.07 Å². The Morgan fingerprint density at radius 2 is 1.81 bits per heavy atom. The first-order valence-corrected chi connectivity index (χ1v) is 4.61. The van der Waals surface area contributed by atoms with Gasteiger partial charge in [0.1, 0.15) is 0 Å². The predicted octanol–water partition coefficient (Wildman–Crippen LogP) is 1.68. The van der Waals surface area contributed by atoms with Crippen LogP contribution in [0.15, 0.2) is 24.8 Å². The molecular formula is C12H15N3O. The van der Waals surface area contributed by atoms with Crippen LogP contribution in [0.4, 0.5) is 5.69 Å². The number of benzene rings is 1. The largest absolute Gasteiger partial charge is 0.398 e. The molecule has 4 N–H and O–H groups in total. The summed E-state index contributed by atoms with van der Waals surface area (Å²) in [6, 6.07) is 5.09. The fourth-order valence-electron chi connectivity index (χ4n) is 1.12. The molecule has 0 fully saturated rings. The van der Waals surface area contributed by atoms with Crippen molar-refractivity contribution in [1.29, 1.82) is 5.26 Å². The molecule has 1 rings (SSSR count). The van der Waals surface area contributed by atoms with Crippen molar-refractivity contribution in [3.8, 4) is 6.07 Å². The molecular weight excluding hydrogens is 202 g/mol. The van der Waals surface area contributed by atoms with E-state index < -0.39 is 5.91 Å². The van der Waals surface area contributed by atoms with E-state index in [0.29, 0.717) is 5.56 Å². The van der Waals surface area contributed by atoms with Gasteiger partial charge in [0.2, 0.25) is 5.91 Å². The van der Waals surface area contributed by atoms with E-state index in [4.69, 9.17) is 16.7 Å². The molecule has 0 unspecified atom stereocenters. The lowest BCUT2D eigenvalue weighted by atomic mass is 10.0. The summed E-state index contributed by atoms with van der Waals surface area (Å²) in [5, 5.41) is 7.51. The van der Waals surface area contributed by atoms with Crippen LogP contribution in [0.3, 0.4) is 0 Å². The minimum absolute atomic E-state index is 0.416. The Labute approximate surface area is 95.2 Å². The lowest BCUT2D eigenvalue weighted by Gasteiger charge is -2.05. The van der Waals surface area contributed by atoms with Crippen molar-refractivity contribution in [1.82, 2.24) is 0 Å². The number of primary amides is 1. The summed E-state index contributed by atoms with van der Waals surface area (Å²) in [7, 11) is 0. The molecule has 0 spiro atoms. The maximum absolute atomic E-state index is 10.8. The summed E-state index contributed by atoms with van der Waals surface area (Å²) in [6.45, 7) is 6.83. The summed E-state index contributed by atoms with van der Waals surface area (Å²) >= 11 is 0. The van der Waals surface area contributed by atoms with Crippen LogP contribution in [0.2, 0.25) is 0 Å². The molecule has 0 aliphatic heterocycles. The van der Waals surface area contributed by atoms with Gasteiger partial charge >= 0.3 is 0 Å². The number of amides is 1. The third-order valence-electron chi connectivity index (χ3n) is 1.97. The summed E-state index contributed by atoms with van der Waals surface area (Å²) in [6.07, 6.45) is 1.18. The first kappa shape index (κ1) is 13.7. The molecule has 0 aliphatic rings. The number of rotatable bonds is 1. The van der Waals surface area contributed by atoms with Gasteiger partial charge < -0.3 is 11.5 Å². The summed E-state index contributed by atoms with van der Waals surface area (Å²) in [5.41, 5.74) is 13.8. The molecule has 0 atom stereocenters. The monoisotopic (exact) mass is 217 g/mol. The van der Waals surface area contributed by atoms with E-state index in [9.17, 15) is 4.79 Å². The van der Waals surface area contributed by atoms with Crippen LogP contribution in [0.25, 0.3) is 0 Å². The Kier molecular flexibility index (Phi) is 5.36. The zero-order valence-electron chi connectivity index (χ0n) is 9.45. The van der Waals surface area contributed by atoms with Gasteiger partial charge in [0.25, 0.3) is 0 Å². The number of carbonyl (C=O) groups excluding carboxylic acids is 1. The Balaban J connectivity index is 0.000000487. The number of allylic oxidation sites excluding steroid dienone is 1. The number of carbonyl (C=O) groups is 1. The van der Waals surface area contributed by atoms with Gasteiger partial charge in [0, 0.05) is 17.3 Å². The summed E-state index contributed by atoms with van der Waals surface area (Å²) < 4.78 is 0. The van der Waals surface area contributed by atoms with E-state index in [1.165, 1.54) is 6.08 Å². The number of hydrogen-bond acceptors (Lipinski definition) is 3. The Hall–Kier alpha value is -2.28. The highest BCUT2D eigenvalue weighted by atomic mass is 16.1.